The Labute approximate surface area is 168 Å². The van der Waals surface area contributed by atoms with Crippen LogP contribution in [0.2, 0.25) is 18.1 Å². The predicted octanol–water partition coefficient (Wildman–Crippen LogP) is 2.08. The van der Waals surface area contributed by atoms with Gasteiger partial charge in [0.15, 0.2) is 11.0 Å². The van der Waals surface area contributed by atoms with Crippen LogP contribution in [0, 0.1) is 0 Å². The number of ether oxygens (including phenoxy) is 3. The maximum absolute atomic E-state index is 13.1. The summed E-state index contributed by atoms with van der Waals surface area (Å²) in [7, 11) is -8.96. The van der Waals surface area contributed by atoms with Crippen molar-refractivity contribution >= 4 is 24.2 Å². The molecule has 0 unspecified atom stereocenters. The quantitative estimate of drug-likeness (QED) is 0.293. The Balaban J connectivity index is 2.59. The zero-order valence-electron chi connectivity index (χ0n) is 17.3. The minimum atomic E-state index is -6.04. The van der Waals surface area contributed by atoms with E-state index in [-0.39, 0.29) is 0 Å². The molecule has 1 N–H and O–H groups in total. The molecule has 0 aromatic heterocycles. The second-order valence-electron chi connectivity index (χ2n) is 9.27. The molecule has 170 valence electrons. The van der Waals surface area contributed by atoms with Gasteiger partial charge in [0.05, 0.1) is 0 Å². The van der Waals surface area contributed by atoms with Crippen LogP contribution in [0.4, 0.5) is 13.2 Å². The Morgan fingerprint density at radius 3 is 2.17 bits per heavy atom. The van der Waals surface area contributed by atoms with Gasteiger partial charge in [-0.3, -0.25) is 4.18 Å². The molecular formula is C16H27F3O8SSi. The van der Waals surface area contributed by atoms with E-state index in [0.717, 1.165) is 0 Å². The summed E-state index contributed by atoms with van der Waals surface area (Å²) in [6.45, 7) is 11.3. The van der Waals surface area contributed by atoms with Crippen molar-refractivity contribution in [3.63, 3.8) is 0 Å². The van der Waals surface area contributed by atoms with Crippen molar-refractivity contribution in [2.45, 2.75) is 87.6 Å². The number of aliphatic hydroxyl groups excluding tert-OH is 1. The number of esters is 1. The lowest BCUT2D eigenvalue weighted by Crippen LogP contribution is -2.71. The smallest absolute Gasteiger partial charge is 0.461 e. The van der Waals surface area contributed by atoms with Gasteiger partial charge in [-0.1, -0.05) is 33.9 Å². The fourth-order valence-corrected chi connectivity index (χ4v) is 7.23. The number of fused-ring (bicyclic) bond motifs is 1. The largest absolute Gasteiger partial charge is 0.523 e. The first-order chi connectivity index (χ1) is 12.7. The molecule has 8 nitrogen and oxygen atoms in total. The molecule has 2 saturated heterocycles. The molecule has 0 bridgehead atoms. The lowest BCUT2D eigenvalue weighted by Gasteiger charge is -2.49. The zero-order valence-corrected chi connectivity index (χ0v) is 19.1. The number of carbonyl (C=O) groups is 1. The number of rotatable bonds is 3. The van der Waals surface area contributed by atoms with Crippen LogP contribution in [0.5, 0.6) is 0 Å². The van der Waals surface area contributed by atoms with Crippen LogP contribution in [0.15, 0.2) is 0 Å². The molecule has 0 saturated carbocycles. The van der Waals surface area contributed by atoms with E-state index in [9.17, 15) is 31.5 Å². The second kappa shape index (κ2) is 6.89. The molecule has 13 heteroatoms. The third-order valence-electron chi connectivity index (χ3n) is 5.93. The average Bonchev–Trinajstić information content (AvgIpc) is 2.76. The Kier molecular flexibility index (Phi) is 5.83. The first kappa shape index (κ1) is 24.5. The van der Waals surface area contributed by atoms with E-state index in [0.29, 0.717) is 0 Å². The van der Waals surface area contributed by atoms with Crippen LogP contribution in [0.1, 0.15) is 34.6 Å². The number of cyclic esters (lactones) is 1. The van der Waals surface area contributed by atoms with E-state index in [4.69, 9.17) is 14.2 Å². The van der Waals surface area contributed by atoms with Gasteiger partial charge in [0.2, 0.25) is 0 Å². The molecule has 2 fully saturated rings. The summed E-state index contributed by atoms with van der Waals surface area (Å²) in [4.78, 5) is 13.1. The van der Waals surface area contributed by atoms with E-state index in [1.165, 1.54) is 13.8 Å². The number of halogens is 3. The van der Waals surface area contributed by atoms with Gasteiger partial charge in [0.1, 0.15) is 33.0 Å². The highest BCUT2D eigenvalue weighted by atomic mass is 32.2. The lowest BCUT2D eigenvalue weighted by atomic mass is 10.0. The Hall–Kier alpha value is -0.733. The molecule has 29 heavy (non-hydrogen) atoms. The molecule has 2 aliphatic heterocycles. The second-order valence-corrected chi connectivity index (χ2v) is 16.3. The van der Waals surface area contributed by atoms with Gasteiger partial charge >= 0.3 is 21.6 Å². The van der Waals surface area contributed by atoms with Crippen LogP contribution in [0.25, 0.3) is 0 Å². The van der Waals surface area contributed by atoms with Gasteiger partial charge < -0.3 is 19.3 Å². The van der Waals surface area contributed by atoms with Crippen molar-refractivity contribution in [1.82, 2.24) is 0 Å². The molecular weight excluding hydrogens is 437 g/mol. The van der Waals surface area contributed by atoms with Crippen LogP contribution >= 0.6 is 0 Å². The molecule has 2 aliphatic rings. The van der Waals surface area contributed by atoms with Gasteiger partial charge in [-0.25, -0.2) is 4.79 Å². The van der Waals surface area contributed by atoms with E-state index in [2.05, 4.69) is 4.18 Å². The summed E-state index contributed by atoms with van der Waals surface area (Å²) in [5, 5.41) is 8.53. The molecule has 0 radical (unpaired) electrons. The summed E-state index contributed by atoms with van der Waals surface area (Å²) in [6.07, 6.45) is -5.43. The summed E-state index contributed by atoms with van der Waals surface area (Å²) < 4.78 is 82.2. The third-order valence-corrected chi connectivity index (χ3v) is 13.2. The van der Waals surface area contributed by atoms with Crippen molar-refractivity contribution in [2.24, 2.45) is 0 Å². The van der Waals surface area contributed by atoms with Crippen LogP contribution in [-0.2, 0) is 33.3 Å². The van der Waals surface area contributed by atoms with Crippen molar-refractivity contribution in [3.05, 3.63) is 0 Å². The maximum atomic E-state index is 13.1. The number of hydrogen-bond donors (Lipinski definition) is 1. The highest BCUT2D eigenvalue weighted by Crippen LogP contribution is 2.54. The van der Waals surface area contributed by atoms with E-state index in [1.807, 2.05) is 33.9 Å². The van der Waals surface area contributed by atoms with E-state index < -0.39 is 70.6 Å². The standard InChI is InChI=1S/C16H27F3O8SSi/c1-13(2,3)29(6,7)15-11(25-14(4,5)27-15)10(20)9(8-24-12(15)21)26-28(22,23)16(17,18)19/h9-11,20H,8H2,1-7H3/t9-,10+,11-,15+/m1/s1. The minimum Gasteiger partial charge on any atom is -0.461 e. The minimum absolute atomic E-state index is 0.494. The van der Waals surface area contributed by atoms with Gasteiger partial charge in [0.25, 0.3) is 0 Å². The summed E-state index contributed by atoms with van der Waals surface area (Å²) in [6, 6.07) is 0. The Bertz CT molecular complexity index is 774. The molecule has 2 rings (SSSR count). The Morgan fingerprint density at radius 2 is 1.72 bits per heavy atom. The highest BCUT2D eigenvalue weighted by molar-refractivity contribution is 7.87. The van der Waals surface area contributed by atoms with E-state index >= 15 is 0 Å². The van der Waals surface area contributed by atoms with Gasteiger partial charge in [-0.2, -0.15) is 21.6 Å². The van der Waals surface area contributed by atoms with Crippen molar-refractivity contribution in [2.75, 3.05) is 6.61 Å². The van der Waals surface area contributed by atoms with Crippen LogP contribution in [-0.4, -0.2) is 69.0 Å². The van der Waals surface area contributed by atoms with Crippen molar-refractivity contribution in [1.29, 1.82) is 0 Å². The molecule has 0 spiro atoms. The topological polar surface area (TPSA) is 108 Å². The van der Waals surface area contributed by atoms with Crippen molar-refractivity contribution < 1.29 is 49.9 Å². The molecule has 2 heterocycles. The van der Waals surface area contributed by atoms with E-state index in [1.54, 1.807) is 0 Å². The molecule has 4 atom stereocenters. The SMILES string of the molecule is CC1(C)O[C@@H]2[C@@H](O)[C@H](OS(=O)(=O)C(F)(F)F)COC(=O)[C@]2([Si](C)(C)C(C)(C)C)O1. The van der Waals surface area contributed by atoms with Gasteiger partial charge in [0, 0.05) is 0 Å². The van der Waals surface area contributed by atoms with Gasteiger partial charge in [-0.15, -0.1) is 0 Å². The lowest BCUT2D eigenvalue weighted by molar-refractivity contribution is -0.186. The monoisotopic (exact) mass is 464 g/mol. The number of carbonyl (C=O) groups excluding carboxylic acids is 1. The number of alkyl halides is 3. The molecule has 0 aromatic rings. The normalized spacial score (nSPS) is 33.8. The fraction of sp³-hybridized carbons (Fsp3) is 0.938. The van der Waals surface area contributed by atoms with Crippen LogP contribution < -0.4 is 0 Å². The first-order valence-corrected chi connectivity index (χ1v) is 13.3. The molecule has 0 aromatic carbocycles. The summed E-state index contributed by atoms with van der Waals surface area (Å²) in [5.41, 5.74) is -5.70. The highest BCUT2D eigenvalue weighted by Gasteiger charge is 2.73. The third kappa shape index (κ3) is 3.85. The zero-order chi connectivity index (χ0) is 22.8. The molecule has 0 aliphatic carbocycles. The number of aliphatic hydroxyl groups is 1. The summed E-state index contributed by atoms with van der Waals surface area (Å²) >= 11 is 0. The first-order valence-electron chi connectivity index (χ1n) is 8.92. The average molecular weight is 465 g/mol. The molecule has 0 amide bonds. The number of hydrogen-bond acceptors (Lipinski definition) is 8. The maximum Gasteiger partial charge on any atom is 0.523 e. The predicted molar refractivity (Wildman–Crippen MR) is 96.8 cm³/mol. The summed E-state index contributed by atoms with van der Waals surface area (Å²) in [5.74, 6) is -2.31. The van der Waals surface area contributed by atoms with Gasteiger partial charge in [-0.05, 0) is 18.9 Å². The Morgan fingerprint density at radius 1 is 1.21 bits per heavy atom. The van der Waals surface area contributed by atoms with Crippen molar-refractivity contribution in [3.8, 4) is 0 Å². The van der Waals surface area contributed by atoms with Crippen LogP contribution in [0.3, 0.4) is 0 Å². The fourth-order valence-electron chi connectivity index (χ4n) is 3.48.